The number of carbonyl (C=O) groups is 1. The predicted molar refractivity (Wildman–Crippen MR) is 97.3 cm³/mol. The third kappa shape index (κ3) is 7.72. The van der Waals surface area contributed by atoms with Crippen molar-refractivity contribution in [1.82, 2.24) is 15.5 Å². The summed E-state index contributed by atoms with van der Waals surface area (Å²) in [6, 6.07) is 4.37. The number of hydrogen-bond donors (Lipinski definition) is 2. The molecule has 160 valence electrons. The van der Waals surface area contributed by atoms with E-state index >= 15 is 0 Å². The fourth-order valence-electron chi connectivity index (χ4n) is 2.34. The molecule has 0 saturated carbocycles. The normalized spacial score (nSPS) is 12.8. The predicted octanol–water partition coefficient (Wildman–Crippen LogP) is 3.09. The Morgan fingerprint density at radius 2 is 2.10 bits per heavy atom. The lowest BCUT2D eigenvalue weighted by atomic mass is 10.2. The van der Waals surface area contributed by atoms with Gasteiger partial charge < -0.3 is 19.7 Å². The zero-order chi connectivity index (χ0) is 21.4. The second kappa shape index (κ2) is 10.2. The number of aryl methyl sites for hydroxylation is 1. The van der Waals surface area contributed by atoms with Crippen LogP contribution in [0.2, 0.25) is 0 Å². The number of nitrogens with one attached hydrogen (secondary N) is 1. The average Bonchev–Trinajstić information content (AvgIpc) is 3.13. The van der Waals surface area contributed by atoms with Gasteiger partial charge in [-0.15, -0.1) is 0 Å². The van der Waals surface area contributed by atoms with Gasteiger partial charge in [-0.1, -0.05) is 25.1 Å². The summed E-state index contributed by atoms with van der Waals surface area (Å²) in [5.41, 5.74) is -0.834. The van der Waals surface area contributed by atoms with Crippen molar-refractivity contribution in [3.05, 3.63) is 41.5 Å². The molecule has 0 bridgehead atoms. The van der Waals surface area contributed by atoms with Crippen LogP contribution in [0.4, 0.5) is 13.2 Å². The monoisotopic (exact) mass is 415 g/mol. The highest BCUT2D eigenvalue weighted by atomic mass is 19.4. The van der Waals surface area contributed by atoms with E-state index in [4.69, 9.17) is 9.26 Å². The average molecular weight is 415 g/mol. The fourth-order valence-corrected chi connectivity index (χ4v) is 2.34. The van der Waals surface area contributed by atoms with E-state index in [2.05, 4.69) is 15.5 Å². The van der Waals surface area contributed by atoms with Crippen molar-refractivity contribution in [2.24, 2.45) is 0 Å². The highest BCUT2D eigenvalue weighted by Gasteiger charge is 2.30. The van der Waals surface area contributed by atoms with E-state index in [9.17, 15) is 23.1 Å². The van der Waals surface area contributed by atoms with Crippen molar-refractivity contribution in [1.29, 1.82) is 0 Å². The molecule has 2 aromatic rings. The second-order valence-corrected chi connectivity index (χ2v) is 6.85. The number of carbonyl (C=O) groups excluding carboxylic acids is 1. The Hall–Kier alpha value is -2.62. The molecule has 0 radical (unpaired) electrons. The first-order chi connectivity index (χ1) is 13.6. The van der Waals surface area contributed by atoms with Gasteiger partial charge in [0, 0.05) is 25.3 Å². The molecule has 0 fully saturated rings. The largest absolute Gasteiger partial charge is 0.491 e. The lowest BCUT2D eigenvalue weighted by Crippen LogP contribution is -2.35. The number of amides is 1. The molecule has 0 aliphatic heterocycles. The van der Waals surface area contributed by atoms with Crippen LogP contribution >= 0.6 is 0 Å². The van der Waals surface area contributed by atoms with Gasteiger partial charge in [-0.25, -0.2) is 0 Å². The summed E-state index contributed by atoms with van der Waals surface area (Å²) >= 11 is 0. The minimum Gasteiger partial charge on any atom is -0.491 e. The summed E-state index contributed by atoms with van der Waals surface area (Å²) in [7, 11) is 0. The number of aromatic nitrogens is 2. The fraction of sp³-hybridized carbons (Fsp3) is 0.526. The number of aliphatic hydroxyl groups excluding tert-OH is 1. The Morgan fingerprint density at radius 3 is 2.76 bits per heavy atom. The van der Waals surface area contributed by atoms with Gasteiger partial charge in [0.2, 0.25) is 11.8 Å². The van der Waals surface area contributed by atoms with Gasteiger partial charge >= 0.3 is 6.18 Å². The van der Waals surface area contributed by atoms with Crippen molar-refractivity contribution in [2.45, 2.75) is 51.3 Å². The maximum atomic E-state index is 12.7. The number of rotatable bonds is 10. The van der Waals surface area contributed by atoms with E-state index in [-0.39, 0.29) is 37.1 Å². The molecule has 29 heavy (non-hydrogen) atoms. The summed E-state index contributed by atoms with van der Waals surface area (Å²) < 4.78 is 48.2. The van der Waals surface area contributed by atoms with Crippen LogP contribution in [0.1, 0.15) is 49.9 Å². The molecular formula is C19H24F3N3O4. The number of hydrogen-bond acceptors (Lipinski definition) is 6. The molecule has 2 rings (SSSR count). The molecule has 1 atom stereocenters. The summed E-state index contributed by atoms with van der Waals surface area (Å²) in [6.07, 6.45) is -4.35. The number of halogens is 3. The molecule has 1 aromatic carbocycles. The zero-order valence-corrected chi connectivity index (χ0v) is 16.2. The van der Waals surface area contributed by atoms with Crippen molar-refractivity contribution < 1.29 is 32.3 Å². The lowest BCUT2D eigenvalue weighted by Gasteiger charge is -2.14. The third-order valence-electron chi connectivity index (χ3n) is 3.93. The molecule has 0 aliphatic carbocycles. The van der Waals surface area contributed by atoms with Crippen molar-refractivity contribution in [3.8, 4) is 5.75 Å². The molecule has 2 N–H and O–H groups in total. The summed E-state index contributed by atoms with van der Waals surface area (Å²) in [5, 5.41) is 16.2. The quantitative estimate of drug-likeness (QED) is 0.619. The van der Waals surface area contributed by atoms with Gasteiger partial charge in [0.1, 0.15) is 18.5 Å². The third-order valence-corrected chi connectivity index (χ3v) is 3.93. The van der Waals surface area contributed by atoms with Crippen LogP contribution in [0.5, 0.6) is 5.75 Å². The lowest BCUT2D eigenvalue weighted by molar-refractivity contribution is -0.137. The molecule has 7 nitrogen and oxygen atoms in total. The smallest absolute Gasteiger partial charge is 0.416 e. The number of alkyl halides is 3. The molecule has 0 aliphatic rings. The van der Waals surface area contributed by atoms with Crippen molar-refractivity contribution in [3.63, 3.8) is 0 Å². The molecule has 10 heteroatoms. The van der Waals surface area contributed by atoms with Gasteiger partial charge in [-0.2, -0.15) is 18.2 Å². The highest BCUT2D eigenvalue weighted by Crippen LogP contribution is 2.31. The Bertz CT molecular complexity index is 793. The first kappa shape index (κ1) is 22.7. The van der Waals surface area contributed by atoms with Gasteiger partial charge in [0.15, 0.2) is 5.82 Å². The van der Waals surface area contributed by atoms with Crippen LogP contribution in [0, 0.1) is 0 Å². The highest BCUT2D eigenvalue weighted by molar-refractivity contribution is 5.75. The number of aliphatic hydroxyl groups is 1. The topological polar surface area (TPSA) is 97.5 Å². The minimum absolute atomic E-state index is 0.00877. The zero-order valence-electron chi connectivity index (χ0n) is 16.2. The first-order valence-corrected chi connectivity index (χ1v) is 9.22. The van der Waals surface area contributed by atoms with Crippen LogP contribution in [-0.4, -0.2) is 40.4 Å². The number of ether oxygens (including phenoxy) is 1. The summed E-state index contributed by atoms with van der Waals surface area (Å²) in [6.45, 7) is 3.58. The maximum absolute atomic E-state index is 12.7. The Balaban J connectivity index is 1.65. The Kier molecular flexibility index (Phi) is 8.00. The summed E-state index contributed by atoms with van der Waals surface area (Å²) in [5.74, 6) is 0.969. The summed E-state index contributed by atoms with van der Waals surface area (Å²) in [4.78, 5) is 16.0. The molecule has 1 amide bonds. The van der Waals surface area contributed by atoms with Crippen molar-refractivity contribution in [2.75, 3.05) is 13.2 Å². The van der Waals surface area contributed by atoms with E-state index in [0.29, 0.717) is 24.6 Å². The molecule has 0 spiro atoms. The van der Waals surface area contributed by atoms with E-state index in [1.54, 1.807) is 0 Å². The second-order valence-electron chi connectivity index (χ2n) is 6.85. The van der Waals surface area contributed by atoms with Crippen molar-refractivity contribution >= 4 is 5.91 Å². The molecule has 1 heterocycles. The number of nitrogens with zero attached hydrogens (tertiary/aromatic N) is 2. The molecule has 1 aromatic heterocycles. The first-order valence-electron chi connectivity index (χ1n) is 9.22. The van der Waals surface area contributed by atoms with Gasteiger partial charge in [-0.3, -0.25) is 4.79 Å². The van der Waals surface area contributed by atoms with E-state index in [0.717, 1.165) is 12.1 Å². The SMILES string of the molecule is CC(C)c1noc(CCCC(=O)NCC(O)COc2cccc(C(F)(F)F)c2)n1. The maximum Gasteiger partial charge on any atom is 0.416 e. The van der Waals surface area contributed by atoms with E-state index in [1.165, 1.54) is 12.1 Å². The Labute approximate surface area is 166 Å². The standard InChI is InChI=1S/C19H24F3N3O4/c1-12(2)18-24-17(29-25-18)8-4-7-16(27)23-10-14(26)11-28-15-6-3-5-13(9-15)19(20,21)22/h3,5-6,9,12,14,26H,4,7-8,10-11H2,1-2H3,(H,23,27). The van der Waals surface area contributed by atoms with E-state index in [1.807, 2.05) is 13.8 Å². The molecule has 1 unspecified atom stereocenters. The van der Waals surface area contributed by atoms with Crippen LogP contribution in [0.15, 0.2) is 28.8 Å². The minimum atomic E-state index is -4.47. The van der Waals surface area contributed by atoms with Crippen LogP contribution in [0.3, 0.4) is 0 Å². The number of benzene rings is 1. The molecular weight excluding hydrogens is 391 g/mol. The Morgan fingerprint density at radius 1 is 1.34 bits per heavy atom. The van der Waals surface area contributed by atoms with Gasteiger partial charge in [-0.05, 0) is 24.6 Å². The van der Waals surface area contributed by atoms with Crippen LogP contribution in [0.25, 0.3) is 0 Å². The molecule has 0 saturated heterocycles. The van der Waals surface area contributed by atoms with Gasteiger partial charge in [0.25, 0.3) is 0 Å². The van der Waals surface area contributed by atoms with E-state index < -0.39 is 17.8 Å². The van der Waals surface area contributed by atoms with Gasteiger partial charge in [0.05, 0.1) is 5.56 Å². The van der Waals surface area contributed by atoms with Crippen LogP contribution < -0.4 is 10.1 Å². The van der Waals surface area contributed by atoms with Crippen LogP contribution in [-0.2, 0) is 17.4 Å².